The smallest absolute Gasteiger partial charge is 0.394 e. The molecule has 172 valence electrons. The van der Waals surface area contributed by atoms with Crippen molar-refractivity contribution >= 4 is 17.6 Å². The first kappa shape index (κ1) is 23.3. The van der Waals surface area contributed by atoms with Gasteiger partial charge in [-0.15, -0.1) is 0 Å². The summed E-state index contributed by atoms with van der Waals surface area (Å²) < 4.78 is 43.7. The lowest BCUT2D eigenvalue weighted by Gasteiger charge is -2.37. The first-order valence-corrected chi connectivity index (χ1v) is 10.5. The van der Waals surface area contributed by atoms with Gasteiger partial charge >= 0.3 is 12.2 Å². The lowest BCUT2D eigenvalue weighted by Crippen LogP contribution is -2.52. The van der Waals surface area contributed by atoms with Gasteiger partial charge < -0.3 is 25.4 Å². The Morgan fingerprint density at radius 2 is 1.77 bits per heavy atom. The molecular weight excluding hydrogens is 415 g/mol. The summed E-state index contributed by atoms with van der Waals surface area (Å²) >= 11 is 0. The Morgan fingerprint density at radius 1 is 1.10 bits per heavy atom. The van der Waals surface area contributed by atoms with Gasteiger partial charge in [0.15, 0.2) is 0 Å². The molecular formula is C21H28F3N3O4. The second-order valence-corrected chi connectivity index (χ2v) is 7.98. The molecule has 10 heteroatoms. The summed E-state index contributed by atoms with van der Waals surface area (Å²) in [5.41, 5.74) is -0.586. The lowest BCUT2D eigenvalue weighted by atomic mass is 9.96. The number of likely N-dealkylation sites (tertiary alicyclic amines) is 1. The first-order valence-electron chi connectivity index (χ1n) is 10.5. The maximum atomic E-state index is 12.6. The van der Waals surface area contributed by atoms with Crippen LogP contribution in [0.4, 0.5) is 23.7 Å². The van der Waals surface area contributed by atoms with Crippen molar-refractivity contribution in [3.05, 3.63) is 29.8 Å². The highest BCUT2D eigenvalue weighted by atomic mass is 19.4. The van der Waals surface area contributed by atoms with E-state index in [0.29, 0.717) is 12.8 Å². The highest BCUT2D eigenvalue weighted by Crippen LogP contribution is 2.30. The quantitative estimate of drug-likeness (QED) is 0.652. The second-order valence-electron chi connectivity index (χ2n) is 7.98. The number of benzene rings is 1. The van der Waals surface area contributed by atoms with Gasteiger partial charge in [0.25, 0.3) is 0 Å². The van der Waals surface area contributed by atoms with E-state index in [2.05, 4.69) is 10.6 Å². The van der Waals surface area contributed by atoms with E-state index in [-0.39, 0.29) is 30.7 Å². The fraction of sp³-hybridized carbons (Fsp3) is 0.619. The van der Waals surface area contributed by atoms with Gasteiger partial charge in [0, 0.05) is 18.8 Å². The minimum Gasteiger partial charge on any atom is -0.394 e. The number of ether oxygens (including phenoxy) is 1. The molecule has 2 saturated heterocycles. The number of nitrogens with zero attached hydrogens (tertiary/aromatic N) is 1. The minimum atomic E-state index is -4.44. The van der Waals surface area contributed by atoms with Gasteiger partial charge in [0.2, 0.25) is 5.91 Å². The van der Waals surface area contributed by atoms with Crippen molar-refractivity contribution in [2.45, 2.75) is 63.0 Å². The summed E-state index contributed by atoms with van der Waals surface area (Å²) in [5, 5.41) is 14.9. The maximum absolute atomic E-state index is 12.6. The highest BCUT2D eigenvalue weighted by Gasteiger charge is 2.34. The third kappa shape index (κ3) is 6.57. The van der Waals surface area contributed by atoms with E-state index in [4.69, 9.17) is 4.74 Å². The molecule has 3 N–H and O–H groups in total. The molecule has 0 aliphatic carbocycles. The second kappa shape index (κ2) is 10.3. The van der Waals surface area contributed by atoms with Crippen LogP contribution >= 0.6 is 0 Å². The Morgan fingerprint density at radius 3 is 2.39 bits per heavy atom. The van der Waals surface area contributed by atoms with Crippen molar-refractivity contribution in [3.8, 4) is 0 Å². The number of nitrogens with one attached hydrogen (secondary N) is 2. The van der Waals surface area contributed by atoms with Crippen LogP contribution in [0.5, 0.6) is 0 Å². The Kier molecular flexibility index (Phi) is 7.77. The molecule has 1 aromatic carbocycles. The summed E-state index contributed by atoms with van der Waals surface area (Å²) in [4.78, 5) is 26.5. The third-order valence-corrected chi connectivity index (χ3v) is 5.69. The maximum Gasteiger partial charge on any atom is 0.416 e. The molecule has 1 aromatic rings. The number of alkyl halides is 3. The summed E-state index contributed by atoms with van der Waals surface area (Å²) in [6, 6.07) is 3.05. The zero-order valence-corrected chi connectivity index (χ0v) is 17.2. The molecule has 2 aliphatic heterocycles. The molecule has 31 heavy (non-hydrogen) atoms. The summed E-state index contributed by atoms with van der Waals surface area (Å²) in [6.45, 7) is 1.21. The van der Waals surface area contributed by atoms with Crippen LogP contribution in [0.1, 0.15) is 44.1 Å². The number of halogens is 3. The van der Waals surface area contributed by atoms with Crippen LogP contribution in [0, 0.1) is 0 Å². The van der Waals surface area contributed by atoms with Crippen LogP contribution in [0.3, 0.4) is 0 Å². The molecule has 2 fully saturated rings. The van der Waals surface area contributed by atoms with Crippen molar-refractivity contribution in [3.63, 3.8) is 0 Å². The van der Waals surface area contributed by atoms with Gasteiger partial charge in [0.05, 0.1) is 30.7 Å². The standard InChI is InChI=1S/C21H28F3N3O4/c22-21(23,24)14-4-6-15(7-5-14)25-20(30)26-17-9-8-16(31-18(17)13-28)12-19(29)27-10-2-1-3-11-27/h4-7,16-18,28H,1-3,8-13H2,(H2,25,26,30)/t16-,17+,18-/m1/s1. The fourth-order valence-corrected chi connectivity index (χ4v) is 3.99. The number of piperidine rings is 1. The zero-order chi connectivity index (χ0) is 22.4. The van der Waals surface area contributed by atoms with E-state index in [9.17, 15) is 27.9 Å². The van der Waals surface area contributed by atoms with E-state index < -0.39 is 29.9 Å². The molecule has 3 rings (SSSR count). The molecule has 0 bridgehead atoms. The normalized spacial score (nSPS) is 24.5. The molecule has 3 amide bonds. The summed E-state index contributed by atoms with van der Waals surface area (Å²) in [5.74, 6) is 0.0489. The largest absolute Gasteiger partial charge is 0.416 e. The lowest BCUT2D eigenvalue weighted by molar-refractivity contribution is -0.141. The van der Waals surface area contributed by atoms with Gasteiger partial charge in [-0.05, 0) is 56.4 Å². The van der Waals surface area contributed by atoms with Crippen LogP contribution in [-0.2, 0) is 15.7 Å². The predicted octanol–water partition coefficient (Wildman–Crippen LogP) is 3.14. The number of hydrogen-bond donors (Lipinski definition) is 3. The highest BCUT2D eigenvalue weighted by molar-refractivity contribution is 5.89. The molecule has 2 heterocycles. The average molecular weight is 443 g/mol. The summed E-state index contributed by atoms with van der Waals surface area (Å²) in [7, 11) is 0. The predicted molar refractivity (Wildman–Crippen MR) is 107 cm³/mol. The number of aliphatic hydroxyl groups is 1. The van der Waals surface area contributed by atoms with Gasteiger partial charge in [-0.1, -0.05) is 0 Å². The number of anilines is 1. The molecule has 0 unspecified atom stereocenters. The number of aliphatic hydroxyl groups excluding tert-OH is 1. The molecule has 3 atom stereocenters. The van der Waals surface area contributed by atoms with E-state index in [1.54, 1.807) is 0 Å². The van der Waals surface area contributed by atoms with Gasteiger partial charge in [-0.3, -0.25) is 4.79 Å². The van der Waals surface area contributed by atoms with Crippen molar-refractivity contribution < 1.29 is 32.6 Å². The number of carbonyl (C=O) groups excluding carboxylic acids is 2. The first-order chi connectivity index (χ1) is 14.8. The van der Waals surface area contributed by atoms with E-state index in [1.807, 2.05) is 4.90 Å². The van der Waals surface area contributed by atoms with E-state index in [1.165, 1.54) is 12.1 Å². The Balaban J connectivity index is 1.48. The van der Waals surface area contributed by atoms with Crippen LogP contribution in [-0.4, -0.2) is 59.9 Å². The Bertz CT molecular complexity index is 751. The van der Waals surface area contributed by atoms with Crippen LogP contribution in [0.25, 0.3) is 0 Å². The third-order valence-electron chi connectivity index (χ3n) is 5.69. The zero-order valence-electron chi connectivity index (χ0n) is 17.2. The van der Waals surface area contributed by atoms with Crippen molar-refractivity contribution in [2.24, 2.45) is 0 Å². The number of carbonyl (C=O) groups is 2. The molecule has 7 nitrogen and oxygen atoms in total. The molecule has 0 saturated carbocycles. The van der Waals surface area contributed by atoms with Gasteiger partial charge in [-0.25, -0.2) is 4.79 Å². The molecule has 0 spiro atoms. The van der Waals surface area contributed by atoms with Gasteiger partial charge in [0.1, 0.15) is 6.10 Å². The van der Waals surface area contributed by atoms with Crippen LogP contribution in [0.2, 0.25) is 0 Å². The molecule has 2 aliphatic rings. The number of rotatable bonds is 5. The minimum absolute atomic E-state index is 0.0489. The Hall–Kier alpha value is -2.33. The Labute approximate surface area is 178 Å². The summed E-state index contributed by atoms with van der Waals surface area (Å²) in [6.07, 6.45) is -0.939. The molecule has 0 aromatic heterocycles. The SMILES string of the molecule is O=C(Nc1ccc(C(F)(F)F)cc1)N[C@H]1CC[C@H](CC(=O)N2CCCCC2)O[C@@H]1CO. The number of hydrogen-bond acceptors (Lipinski definition) is 4. The number of amides is 3. The fourth-order valence-electron chi connectivity index (χ4n) is 3.99. The number of urea groups is 1. The van der Waals surface area contributed by atoms with Crippen molar-refractivity contribution in [1.82, 2.24) is 10.2 Å². The molecule has 0 radical (unpaired) electrons. The van der Waals surface area contributed by atoms with Crippen LogP contribution in [0.15, 0.2) is 24.3 Å². The van der Waals surface area contributed by atoms with E-state index in [0.717, 1.165) is 44.5 Å². The van der Waals surface area contributed by atoms with Crippen LogP contribution < -0.4 is 10.6 Å². The topological polar surface area (TPSA) is 90.9 Å². The van der Waals surface area contributed by atoms with E-state index >= 15 is 0 Å². The average Bonchev–Trinajstić information content (AvgIpc) is 2.75. The van der Waals surface area contributed by atoms with Gasteiger partial charge in [-0.2, -0.15) is 13.2 Å². The van der Waals surface area contributed by atoms with Crippen molar-refractivity contribution in [2.75, 3.05) is 25.0 Å². The van der Waals surface area contributed by atoms with Crippen molar-refractivity contribution in [1.29, 1.82) is 0 Å². The monoisotopic (exact) mass is 443 g/mol.